The van der Waals surface area contributed by atoms with Crippen LogP contribution in [0.5, 0.6) is 0 Å². The number of nitrogens with zero attached hydrogens (tertiary/aromatic N) is 2. The lowest BCUT2D eigenvalue weighted by Crippen LogP contribution is -2.58. The summed E-state index contributed by atoms with van der Waals surface area (Å²) in [5.74, 6) is 0.0584. The number of rotatable bonds is 4. The molecule has 0 saturated carbocycles. The zero-order chi connectivity index (χ0) is 17.1. The molecule has 2 rings (SSSR count). The van der Waals surface area contributed by atoms with E-state index in [1.54, 1.807) is 4.90 Å². The summed E-state index contributed by atoms with van der Waals surface area (Å²) >= 11 is 0. The van der Waals surface area contributed by atoms with Gasteiger partial charge in [-0.3, -0.25) is 9.69 Å². The number of hydrogen-bond acceptors (Lipinski definition) is 3. The number of carbonyl (C=O) groups is 2. The van der Waals surface area contributed by atoms with Crippen LogP contribution in [0.25, 0.3) is 0 Å². The van der Waals surface area contributed by atoms with Gasteiger partial charge in [-0.25, -0.2) is 4.79 Å². The molecule has 23 heavy (non-hydrogen) atoms. The zero-order valence-electron chi connectivity index (χ0n) is 14.9. The van der Waals surface area contributed by atoms with E-state index in [1.807, 2.05) is 37.8 Å². The zero-order valence-corrected chi connectivity index (χ0v) is 14.9. The second kappa shape index (κ2) is 6.93. The lowest BCUT2D eigenvalue weighted by atomic mass is 9.90. The fourth-order valence-corrected chi connectivity index (χ4v) is 3.31. The number of hydrogen-bond donors (Lipinski definition) is 0. The molecule has 1 unspecified atom stereocenters. The molecule has 1 atom stereocenters. The Morgan fingerprint density at radius 3 is 2.43 bits per heavy atom. The highest BCUT2D eigenvalue weighted by Gasteiger charge is 2.49. The van der Waals surface area contributed by atoms with Gasteiger partial charge in [0.2, 0.25) is 0 Å². The molecule has 1 fully saturated rings. The van der Waals surface area contributed by atoms with Crippen LogP contribution in [-0.4, -0.2) is 52.6 Å². The fraction of sp³-hybridized carbons (Fsp3) is 0.778. The van der Waals surface area contributed by atoms with E-state index < -0.39 is 17.2 Å². The lowest BCUT2D eigenvalue weighted by molar-refractivity contribution is -0.140. The summed E-state index contributed by atoms with van der Waals surface area (Å²) in [5, 5.41) is 0. The van der Waals surface area contributed by atoms with Crippen molar-refractivity contribution in [1.82, 2.24) is 9.80 Å². The summed E-state index contributed by atoms with van der Waals surface area (Å²) in [6.45, 7) is 9.69. The Hall–Kier alpha value is -1.52. The SMILES string of the molecule is CCCCC1(C(=O)N2CCCC2)C=CCN1C(=O)OC(C)(C)C. The van der Waals surface area contributed by atoms with Gasteiger partial charge in [0, 0.05) is 19.6 Å². The molecule has 5 nitrogen and oxygen atoms in total. The predicted molar refractivity (Wildman–Crippen MR) is 90.2 cm³/mol. The second-order valence-electron chi connectivity index (χ2n) is 7.52. The first kappa shape index (κ1) is 17.8. The smallest absolute Gasteiger partial charge is 0.411 e. The Morgan fingerprint density at radius 2 is 1.87 bits per heavy atom. The summed E-state index contributed by atoms with van der Waals surface area (Å²) in [5.41, 5.74) is -1.42. The minimum atomic E-state index is -0.858. The third-order valence-electron chi connectivity index (χ3n) is 4.45. The maximum atomic E-state index is 13.2. The molecule has 2 aliphatic rings. The predicted octanol–water partition coefficient (Wildman–Crippen LogP) is 3.34. The van der Waals surface area contributed by atoms with Gasteiger partial charge in [0.15, 0.2) is 0 Å². The molecular formula is C18H30N2O3. The van der Waals surface area contributed by atoms with Crippen LogP contribution < -0.4 is 0 Å². The van der Waals surface area contributed by atoms with Gasteiger partial charge in [0.05, 0.1) is 0 Å². The summed E-state index contributed by atoms with van der Waals surface area (Å²) in [6.07, 6.45) is 8.10. The fourth-order valence-electron chi connectivity index (χ4n) is 3.31. The van der Waals surface area contributed by atoms with Crippen LogP contribution in [0, 0.1) is 0 Å². The summed E-state index contributed by atoms with van der Waals surface area (Å²) < 4.78 is 5.55. The van der Waals surface area contributed by atoms with E-state index in [4.69, 9.17) is 4.74 Å². The number of likely N-dealkylation sites (tertiary alicyclic amines) is 1. The number of unbranched alkanes of at least 4 members (excludes halogenated alkanes) is 1. The Bertz CT molecular complexity index is 475. The van der Waals surface area contributed by atoms with E-state index >= 15 is 0 Å². The topological polar surface area (TPSA) is 49.9 Å². The number of amides is 2. The van der Waals surface area contributed by atoms with Crippen molar-refractivity contribution in [2.24, 2.45) is 0 Å². The monoisotopic (exact) mass is 322 g/mol. The molecule has 0 aromatic carbocycles. The maximum absolute atomic E-state index is 13.2. The third-order valence-corrected chi connectivity index (χ3v) is 4.45. The van der Waals surface area contributed by atoms with Crippen molar-refractivity contribution in [3.8, 4) is 0 Å². The van der Waals surface area contributed by atoms with Crippen LogP contribution in [0.3, 0.4) is 0 Å². The van der Waals surface area contributed by atoms with Crippen LogP contribution in [-0.2, 0) is 9.53 Å². The van der Waals surface area contributed by atoms with Crippen LogP contribution in [0.1, 0.15) is 59.8 Å². The largest absolute Gasteiger partial charge is 0.444 e. The molecule has 0 radical (unpaired) electrons. The molecule has 130 valence electrons. The molecule has 0 spiro atoms. The normalized spacial score (nSPS) is 24.3. The van der Waals surface area contributed by atoms with Gasteiger partial charge in [-0.1, -0.05) is 31.9 Å². The highest BCUT2D eigenvalue weighted by molar-refractivity contribution is 5.93. The molecule has 0 N–H and O–H groups in total. The Kier molecular flexibility index (Phi) is 5.37. The Labute approximate surface area is 139 Å². The molecule has 0 aromatic heterocycles. The minimum Gasteiger partial charge on any atom is -0.444 e. The molecule has 1 saturated heterocycles. The van der Waals surface area contributed by atoms with Crippen molar-refractivity contribution >= 4 is 12.0 Å². The van der Waals surface area contributed by atoms with E-state index in [9.17, 15) is 9.59 Å². The standard InChI is InChI=1S/C18H30N2O3/c1-5-6-10-18(15(21)19-12-7-8-13-19)11-9-14-20(18)16(22)23-17(2,3)4/h9,11H,5-8,10,12-14H2,1-4H3. The first-order chi connectivity index (χ1) is 10.8. The average molecular weight is 322 g/mol. The first-order valence-corrected chi connectivity index (χ1v) is 8.78. The summed E-state index contributed by atoms with van der Waals surface area (Å²) in [6, 6.07) is 0. The van der Waals surface area contributed by atoms with E-state index in [1.165, 1.54) is 0 Å². The van der Waals surface area contributed by atoms with Crippen LogP contribution in [0.15, 0.2) is 12.2 Å². The van der Waals surface area contributed by atoms with Gasteiger partial charge in [-0.15, -0.1) is 0 Å². The molecule has 0 bridgehead atoms. The minimum absolute atomic E-state index is 0.0584. The Balaban J connectivity index is 2.25. The molecular weight excluding hydrogens is 292 g/mol. The van der Waals surface area contributed by atoms with Crippen molar-refractivity contribution in [3.63, 3.8) is 0 Å². The van der Waals surface area contributed by atoms with Crippen LogP contribution in [0.2, 0.25) is 0 Å². The highest BCUT2D eigenvalue weighted by Crippen LogP contribution is 2.33. The summed E-state index contributed by atoms with van der Waals surface area (Å²) in [7, 11) is 0. The lowest BCUT2D eigenvalue weighted by Gasteiger charge is -2.39. The van der Waals surface area contributed by atoms with E-state index in [2.05, 4.69) is 6.92 Å². The average Bonchev–Trinajstić information content (AvgIpc) is 3.12. The van der Waals surface area contributed by atoms with E-state index in [-0.39, 0.29) is 5.91 Å². The molecule has 5 heteroatoms. The molecule has 0 aliphatic carbocycles. The van der Waals surface area contributed by atoms with Gasteiger partial charge in [0.1, 0.15) is 11.1 Å². The first-order valence-electron chi connectivity index (χ1n) is 8.78. The molecule has 2 amide bonds. The van der Waals surface area contributed by atoms with Gasteiger partial charge in [-0.2, -0.15) is 0 Å². The van der Waals surface area contributed by atoms with Crippen molar-refractivity contribution in [2.45, 2.75) is 70.9 Å². The van der Waals surface area contributed by atoms with Crippen molar-refractivity contribution in [2.75, 3.05) is 19.6 Å². The van der Waals surface area contributed by atoms with E-state index in [0.717, 1.165) is 38.8 Å². The molecule has 2 aliphatic heterocycles. The van der Waals surface area contributed by atoms with E-state index in [0.29, 0.717) is 13.0 Å². The van der Waals surface area contributed by atoms with Crippen molar-refractivity contribution in [3.05, 3.63) is 12.2 Å². The molecule has 2 heterocycles. The third kappa shape index (κ3) is 3.88. The second-order valence-corrected chi connectivity index (χ2v) is 7.52. The number of ether oxygens (including phenoxy) is 1. The number of carbonyl (C=O) groups excluding carboxylic acids is 2. The van der Waals surface area contributed by atoms with Crippen molar-refractivity contribution in [1.29, 1.82) is 0 Å². The maximum Gasteiger partial charge on any atom is 0.411 e. The van der Waals surface area contributed by atoms with Crippen molar-refractivity contribution < 1.29 is 14.3 Å². The quantitative estimate of drug-likeness (QED) is 0.746. The highest BCUT2D eigenvalue weighted by atomic mass is 16.6. The van der Waals surface area contributed by atoms with Crippen LogP contribution >= 0.6 is 0 Å². The summed E-state index contributed by atoms with van der Waals surface area (Å²) in [4.78, 5) is 29.4. The van der Waals surface area contributed by atoms with Gasteiger partial charge in [0.25, 0.3) is 5.91 Å². The van der Waals surface area contributed by atoms with Crippen LogP contribution in [0.4, 0.5) is 4.79 Å². The van der Waals surface area contributed by atoms with Gasteiger partial charge < -0.3 is 9.64 Å². The molecule has 0 aromatic rings. The Morgan fingerprint density at radius 1 is 1.22 bits per heavy atom. The van der Waals surface area contributed by atoms with Gasteiger partial charge in [-0.05, 0) is 40.0 Å². The van der Waals surface area contributed by atoms with Gasteiger partial charge >= 0.3 is 6.09 Å².